The van der Waals surface area contributed by atoms with E-state index in [1.807, 2.05) is 23.9 Å². The monoisotopic (exact) mass is 326 g/mol. The van der Waals surface area contributed by atoms with Crippen molar-refractivity contribution in [3.05, 3.63) is 53.1 Å². The lowest BCUT2D eigenvalue weighted by Crippen LogP contribution is -2.34. The van der Waals surface area contributed by atoms with Gasteiger partial charge in [-0.15, -0.1) is 0 Å². The van der Waals surface area contributed by atoms with Crippen LogP contribution >= 0.6 is 0 Å². The van der Waals surface area contributed by atoms with Gasteiger partial charge >= 0.3 is 0 Å². The molecule has 1 fully saturated rings. The Morgan fingerprint density at radius 1 is 1.29 bits per heavy atom. The maximum atomic E-state index is 12.0. The van der Waals surface area contributed by atoms with E-state index in [1.54, 1.807) is 7.05 Å². The molecule has 0 saturated carbocycles. The number of aryl methyl sites for hydroxylation is 1. The maximum absolute atomic E-state index is 12.0. The van der Waals surface area contributed by atoms with Crippen LogP contribution in [0, 0.1) is 6.92 Å². The molecule has 0 aromatic carbocycles. The molecule has 5 heteroatoms. The highest BCUT2D eigenvalue weighted by atomic mass is 16.1. The van der Waals surface area contributed by atoms with Gasteiger partial charge in [0.25, 0.3) is 5.91 Å². The van der Waals surface area contributed by atoms with E-state index in [1.165, 1.54) is 24.1 Å². The number of piperidine rings is 1. The minimum atomic E-state index is -0.0358. The van der Waals surface area contributed by atoms with E-state index in [2.05, 4.69) is 40.3 Å². The molecule has 24 heavy (non-hydrogen) atoms. The van der Waals surface area contributed by atoms with Crippen LogP contribution in [0.25, 0.3) is 0 Å². The summed E-state index contributed by atoms with van der Waals surface area (Å²) >= 11 is 0. The van der Waals surface area contributed by atoms with Crippen LogP contribution in [0.2, 0.25) is 0 Å². The second-order valence-corrected chi connectivity index (χ2v) is 6.59. The van der Waals surface area contributed by atoms with Gasteiger partial charge in [-0.2, -0.15) is 0 Å². The van der Waals surface area contributed by atoms with Crippen LogP contribution in [0.5, 0.6) is 0 Å². The highest BCUT2D eigenvalue weighted by Gasteiger charge is 2.27. The molecule has 1 aliphatic rings. The summed E-state index contributed by atoms with van der Waals surface area (Å²) in [6.45, 7) is 3.98. The molecule has 1 aliphatic heterocycles. The summed E-state index contributed by atoms with van der Waals surface area (Å²) in [4.78, 5) is 19.0. The first-order chi connectivity index (χ1) is 11.6. The zero-order valence-corrected chi connectivity index (χ0v) is 14.7. The predicted octanol–water partition coefficient (Wildman–Crippen LogP) is 2.82. The topological polar surface area (TPSA) is 50.2 Å². The van der Waals surface area contributed by atoms with Gasteiger partial charge in [-0.1, -0.05) is 12.5 Å². The molecule has 1 atom stereocenters. The fraction of sp³-hybridized carbons (Fsp3) is 0.474. The predicted molar refractivity (Wildman–Crippen MR) is 94.8 cm³/mol. The van der Waals surface area contributed by atoms with Crippen molar-refractivity contribution in [1.29, 1.82) is 0 Å². The van der Waals surface area contributed by atoms with Gasteiger partial charge in [0.05, 0.1) is 11.7 Å². The van der Waals surface area contributed by atoms with Crippen LogP contribution in [-0.4, -0.2) is 34.0 Å². The largest absolute Gasteiger partial charge is 0.354 e. The van der Waals surface area contributed by atoms with Crippen LogP contribution in [0.1, 0.15) is 52.7 Å². The number of hydrogen-bond donors (Lipinski definition) is 1. The Bertz CT molecular complexity index is 705. The van der Waals surface area contributed by atoms with Crippen molar-refractivity contribution in [3.8, 4) is 0 Å². The smallest absolute Gasteiger partial charge is 0.267 e. The lowest BCUT2D eigenvalue weighted by molar-refractivity contribution is 0.0952. The third kappa shape index (κ3) is 3.36. The fourth-order valence-electron chi connectivity index (χ4n) is 3.53. The van der Waals surface area contributed by atoms with Crippen LogP contribution in [0.4, 0.5) is 0 Å². The summed E-state index contributed by atoms with van der Waals surface area (Å²) in [6, 6.07) is 8.58. The Kier molecular flexibility index (Phi) is 5.00. The molecule has 1 amide bonds. The number of likely N-dealkylation sites (tertiary alicyclic amines) is 1. The Hall–Kier alpha value is -2.14. The molecule has 0 aliphatic carbocycles. The maximum Gasteiger partial charge on any atom is 0.267 e. The number of nitrogens with one attached hydrogen (secondary N) is 1. The lowest BCUT2D eigenvalue weighted by Gasteiger charge is -2.36. The van der Waals surface area contributed by atoms with Crippen molar-refractivity contribution < 1.29 is 4.79 Å². The van der Waals surface area contributed by atoms with Gasteiger partial charge in [-0.25, -0.2) is 0 Å². The molecule has 2 aromatic heterocycles. The van der Waals surface area contributed by atoms with E-state index in [-0.39, 0.29) is 5.91 Å². The lowest BCUT2D eigenvalue weighted by atomic mass is 9.99. The Balaban J connectivity index is 1.83. The first kappa shape index (κ1) is 16.7. The molecular formula is C19H26N4O. The Morgan fingerprint density at radius 2 is 2.12 bits per heavy atom. The average Bonchev–Trinajstić information content (AvgIpc) is 2.98. The number of pyridine rings is 1. The molecule has 1 saturated heterocycles. The standard InChI is InChI=1S/C19H26N4O/c1-14-7-8-15(21-12-14)13-23-11-5-4-6-17(23)16-9-10-18(22(16)3)19(24)20-2/h7-10,12,17H,4-6,11,13H2,1-3H3,(H,20,24). The third-order valence-corrected chi connectivity index (χ3v) is 4.91. The number of hydrogen-bond acceptors (Lipinski definition) is 3. The minimum absolute atomic E-state index is 0.0358. The van der Waals surface area contributed by atoms with Crippen molar-refractivity contribution in [2.24, 2.45) is 7.05 Å². The second kappa shape index (κ2) is 7.18. The quantitative estimate of drug-likeness (QED) is 0.940. The van der Waals surface area contributed by atoms with Gasteiger partial charge in [0, 0.05) is 32.5 Å². The van der Waals surface area contributed by atoms with Crippen molar-refractivity contribution in [2.45, 2.75) is 38.8 Å². The number of nitrogens with zero attached hydrogens (tertiary/aromatic N) is 3. The minimum Gasteiger partial charge on any atom is -0.354 e. The summed E-state index contributed by atoms with van der Waals surface area (Å²) in [5.41, 5.74) is 4.21. The third-order valence-electron chi connectivity index (χ3n) is 4.91. The van der Waals surface area contributed by atoms with Gasteiger partial charge in [0.1, 0.15) is 5.69 Å². The van der Waals surface area contributed by atoms with Crippen molar-refractivity contribution in [1.82, 2.24) is 19.8 Å². The Labute approximate surface area is 143 Å². The van der Waals surface area contributed by atoms with E-state index < -0.39 is 0 Å². The summed E-state index contributed by atoms with van der Waals surface area (Å²) in [7, 11) is 3.65. The zero-order valence-electron chi connectivity index (χ0n) is 14.7. The zero-order chi connectivity index (χ0) is 17.1. The molecule has 3 heterocycles. The van der Waals surface area contributed by atoms with E-state index in [9.17, 15) is 4.79 Å². The highest BCUT2D eigenvalue weighted by Crippen LogP contribution is 2.32. The normalized spacial score (nSPS) is 18.5. The van der Waals surface area contributed by atoms with Gasteiger partial charge < -0.3 is 9.88 Å². The summed E-state index contributed by atoms with van der Waals surface area (Å²) in [5.74, 6) is -0.0358. The highest BCUT2D eigenvalue weighted by molar-refractivity contribution is 5.92. The van der Waals surface area contributed by atoms with Crippen molar-refractivity contribution in [2.75, 3.05) is 13.6 Å². The number of rotatable bonds is 4. The van der Waals surface area contributed by atoms with E-state index >= 15 is 0 Å². The van der Waals surface area contributed by atoms with Gasteiger partial charge in [0.2, 0.25) is 0 Å². The first-order valence-corrected chi connectivity index (χ1v) is 8.63. The molecule has 0 spiro atoms. The molecule has 1 N–H and O–H groups in total. The number of carbonyl (C=O) groups excluding carboxylic acids is 1. The number of amides is 1. The van der Waals surface area contributed by atoms with Crippen molar-refractivity contribution in [3.63, 3.8) is 0 Å². The van der Waals surface area contributed by atoms with Gasteiger partial charge in [-0.05, 0) is 50.1 Å². The van der Waals surface area contributed by atoms with Crippen LogP contribution in [0.15, 0.2) is 30.5 Å². The fourth-order valence-corrected chi connectivity index (χ4v) is 3.53. The molecule has 2 aromatic rings. The van der Waals surface area contributed by atoms with Crippen LogP contribution < -0.4 is 5.32 Å². The SMILES string of the molecule is CNC(=O)c1ccc(C2CCCCN2Cc2ccc(C)cn2)n1C. The first-order valence-electron chi connectivity index (χ1n) is 8.63. The summed E-state index contributed by atoms with van der Waals surface area (Å²) < 4.78 is 2.03. The van der Waals surface area contributed by atoms with Crippen molar-refractivity contribution >= 4 is 5.91 Å². The molecule has 3 rings (SSSR count). The van der Waals surface area contributed by atoms with E-state index in [4.69, 9.17) is 0 Å². The van der Waals surface area contributed by atoms with Crippen LogP contribution in [0.3, 0.4) is 0 Å². The van der Waals surface area contributed by atoms with E-state index in [0.29, 0.717) is 11.7 Å². The molecule has 0 bridgehead atoms. The van der Waals surface area contributed by atoms with Crippen LogP contribution in [-0.2, 0) is 13.6 Å². The van der Waals surface area contributed by atoms with Gasteiger partial charge in [-0.3, -0.25) is 14.7 Å². The number of aromatic nitrogens is 2. The molecule has 0 radical (unpaired) electrons. The number of carbonyl (C=O) groups is 1. The second-order valence-electron chi connectivity index (χ2n) is 6.59. The van der Waals surface area contributed by atoms with Gasteiger partial charge in [0.15, 0.2) is 0 Å². The van der Waals surface area contributed by atoms with E-state index in [0.717, 1.165) is 25.2 Å². The Morgan fingerprint density at radius 3 is 2.83 bits per heavy atom. The summed E-state index contributed by atoms with van der Waals surface area (Å²) in [6.07, 6.45) is 5.50. The molecule has 1 unspecified atom stereocenters. The molecular weight excluding hydrogens is 300 g/mol. The summed E-state index contributed by atoms with van der Waals surface area (Å²) in [5, 5.41) is 2.71. The molecule has 128 valence electrons. The molecule has 5 nitrogen and oxygen atoms in total. The average molecular weight is 326 g/mol.